The summed E-state index contributed by atoms with van der Waals surface area (Å²) in [5, 5.41) is 8.85. The number of rotatable bonds is 3. The normalized spacial score (nSPS) is 22.1. The van der Waals surface area contributed by atoms with Gasteiger partial charge in [-0.25, -0.2) is 0 Å². The van der Waals surface area contributed by atoms with Crippen molar-refractivity contribution in [2.45, 2.75) is 39.3 Å². The lowest BCUT2D eigenvalue weighted by atomic mass is 10.1. The number of hydrogen-bond acceptors (Lipinski definition) is 3. The summed E-state index contributed by atoms with van der Waals surface area (Å²) in [7, 11) is 0. The van der Waals surface area contributed by atoms with Gasteiger partial charge >= 0.3 is 0 Å². The first kappa shape index (κ1) is 13.7. The van der Waals surface area contributed by atoms with Crippen LogP contribution in [0.1, 0.15) is 27.2 Å². The first-order chi connectivity index (χ1) is 8.10. The van der Waals surface area contributed by atoms with Crippen molar-refractivity contribution < 1.29 is 4.79 Å². The van der Waals surface area contributed by atoms with E-state index >= 15 is 0 Å². The van der Waals surface area contributed by atoms with Gasteiger partial charge in [0.05, 0.1) is 18.5 Å². The molecule has 1 unspecified atom stereocenters. The molecule has 0 aromatic carbocycles. The van der Waals surface area contributed by atoms with Crippen LogP contribution >= 0.6 is 0 Å². The SMILES string of the molecule is C/C=C/C(=O)N1CCN(C(C)C)CC1CC#N. The second kappa shape index (κ2) is 6.41. The van der Waals surface area contributed by atoms with E-state index in [1.165, 1.54) is 0 Å². The predicted octanol–water partition coefficient (Wildman–Crippen LogP) is 1.40. The van der Waals surface area contributed by atoms with E-state index in [2.05, 4.69) is 24.8 Å². The van der Waals surface area contributed by atoms with E-state index in [4.69, 9.17) is 5.26 Å². The molecule has 17 heavy (non-hydrogen) atoms. The van der Waals surface area contributed by atoms with E-state index in [1.54, 1.807) is 12.2 Å². The van der Waals surface area contributed by atoms with Gasteiger partial charge in [0.1, 0.15) is 0 Å². The fourth-order valence-electron chi connectivity index (χ4n) is 2.16. The fraction of sp³-hybridized carbons (Fsp3) is 0.692. The fourth-order valence-corrected chi connectivity index (χ4v) is 2.16. The summed E-state index contributed by atoms with van der Waals surface area (Å²) in [5.74, 6) is 0.0242. The second-order valence-corrected chi connectivity index (χ2v) is 4.64. The van der Waals surface area contributed by atoms with Crippen LogP contribution in [0, 0.1) is 11.3 Å². The van der Waals surface area contributed by atoms with Crippen molar-refractivity contribution in [3.8, 4) is 6.07 Å². The molecule has 0 spiro atoms. The minimum atomic E-state index is 0.0242. The smallest absolute Gasteiger partial charge is 0.246 e. The molecule has 0 N–H and O–H groups in total. The highest BCUT2D eigenvalue weighted by Gasteiger charge is 2.29. The molecule has 1 saturated heterocycles. The molecule has 94 valence electrons. The van der Waals surface area contributed by atoms with Gasteiger partial charge in [0.2, 0.25) is 5.91 Å². The van der Waals surface area contributed by atoms with Crippen molar-refractivity contribution in [2.24, 2.45) is 0 Å². The molecule has 4 heteroatoms. The number of hydrogen-bond donors (Lipinski definition) is 0. The van der Waals surface area contributed by atoms with Gasteiger partial charge in [-0.1, -0.05) is 6.08 Å². The van der Waals surface area contributed by atoms with Gasteiger partial charge in [-0.05, 0) is 26.8 Å². The van der Waals surface area contributed by atoms with Gasteiger partial charge in [-0.3, -0.25) is 9.69 Å². The maximum absolute atomic E-state index is 11.9. The molecule has 0 aliphatic carbocycles. The van der Waals surface area contributed by atoms with Gasteiger partial charge in [-0.2, -0.15) is 5.26 Å². The molecule has 1 heterocycles. The molecule has 0 aromatic heterocycles. The Balaban J connectivity index is 2.72. The van der Waals surface area contributed by atoms with Crippen molar-refractivity contribution >= 4 is 5.91 Å². The number of carbonyl (C=O) groups excluding carboxylic acids is 1. The number of piperazine rings is 1. The Morgan fingerprint density at radius 1 is 1.53 bits per heavy atom. The van der Waals surface area contributed by atoms with Crippen LogP contribution in [0.15, 0.2) is 12.2 Å². The standard InChI is InChI=1S/C13H21N3O/c1-4-5-13(17)16-9-8-15(11(2)3)10-12(16)6-7-14/h4-5,11-12H,6,8-10H2,1-3H3/b5-4+. The van der Waals surface area contributed by atoms with E-state index in [-0.39, 0.29) is 11.9 Å². The Morgan fingerprint density at radius 3 is 2.76 bits per heavy atom. The summed E-state index contributed by atoms with van der Waals surface area (Å²) in [6, 6.07) is 2.67. The highest BCUT2D eigenvalue weighted by molar-refractivity contribution is 5.87. The van der Waals surface area contributed by atoms with Crippen LogP contribution in [0.25, 0.3) is 0 Å². The quantitative estimate of drug-likeness (QED) is 0.695. The Labute approximate surface area is 103 Å². The summed E-state index contributed by atoms with van der Waals surface area (Å²) in [4.78, 5) is 16.0. The Kier molecular flexibility index (Phi) is 5.17. The molecular formula is C13H21N3O. The summed E-state index contributed by atoms with van der Waals surface area (Å²) in [5.41, 5.74) is 0. The third-order valence-electron chi connectivity index (χ3n) is 3.16. The van der Waals surface area contributed by atoms with Crippen LogP contribution in [0.2, 0.25) is 0 Å². The molecule has 0 aromatic rings. The molecule has 1 fully saturated rings. The van der Waals surface area contributed by atoms with Crippen LogP contribution in [-0.2, 0) is 4.79 Å². The topological polar surface area (TPSA) is 47.3 Å². The van der Waals surface area contributed by atoms with Crippen molar-refractivity contribution in [3.63, 3.8) is 0 Å². The van der Waals surface area contributed by atoms with Gasteiger partial charge in [0.15, 0.2) is 0 Å². The maximum atomic E-state index is 11.9. The summed E-state index contributed by atoms with van der Waals surface area (Å²) < 4.78 is 0. The first-order valence-electron chi connectivity index (χ1n) is 6.14. The summed E-state index contributed by atoms with van der Waals surface area (Å²) in [6.07, 6.45) is 3.74. The van der Waals surface area contributed by atoms with Gasteiger partial charge in [0, 0.05) is 25.7 Å². The average molecular weight is 235 g/mol. The molecule has 0 saturated carbocycles. The molecule has 4 nitrogen and oxygen atoms in total. The number of amides is 1. The lowest BCUT2D eigenvalue weighted by Crippen LogP contribution is -2.56. The minimum Gasteiger partial charge on any atom is -0.333 e. The van der Waals surface area contributed by atoms with Crippen molar-refractivity contribution in [2.75, 3.05) is 19.6 Å². The van der Waals surface area contributed by atoms with E-state index < -0.39 is 0 Å². The highest BCUT2D eigenvalue weighted by atomic mass is 16.2. The largest absolute Gasteiger partial charge is 0.333 e. The third-order valence-corrected chi connectivity index (χ3v) is 3.16. The second-order valence-electron chi connectivity index (χ2n) is 4.64. The Hall–Kier alpha value is -1.34. The minimum absolute atomic E-state index is 0.0242. The van der Waals surface area contributed by atoms with E-state index in [1.807, 2.05) is 11.8 Å². The predicted molar refractivity (Wildman–Crippen MR) is 67.3 cm³/mol. The highest BCUT2D eigenvalue weighted by Crippen LogP contribution is 2.15. The molecule has 1 amide bonds. The number of carbonyl (C=O) groups is 1. The third kappa shape index (κ3) is 3.57. The van der Waals surface area contributed by atoms with Crippen molar-refractivity contribution in [3.05, 3.63) is 12.2 Å². The Morgan fingerprint density at radius 2 is 2.24 bits per heavy atom. The van der Waals surface area contributed by atoms with Gasteiger partial charge in [0.25, 0.3) is 0 Å². The zero-order valence-corrected chi connectivity index (χ0v) is 10.9. The van der Waals surface area contributed by atoms with Crippen LogP contribution in [0.3, 0.4) is 0 Å². The lowest BCUT2D eigenvalue weighted by molar-refractivity contribution is -0.131. The lowest BCUT2D eigenvalue weighted by Gasteiger charge is -2.42. The van der Waals surface area contributed by atoms with Crippen molar-refractivity contribution in [1.82, 2.24) is 9.80 Å². The molecule has 0 bridgehead atoms. The van der Waals surface area contributed by atoms with Crippen molar-refractivity contribution in [1.29, 1.82) is 5.26 Å². The van der Waals surface area contributed by atoms with E-state index in [0.29, 0.717) is 19.0 Å². The zero-order chi connectivity index (χ0) is 12.8. The molecule has 1 aliphatic heterocycles. The summed E-state index contributed by atoms with van der Waals surface area (Å²) >= 11 is 0. The van der Waals surface area contributed by atoms with E-state index in [0.717, 1.165) is 13.1 Å². The monoisotopic (exact) mass is 235 g/mol. The van der Waals surface area contributed by atoms with Gasteiger partial charge in [-0.15, -0.1) is 0 Å². The summed E-state index contributed by atoms with van der Waals surface area (Å²) in [6.45, 7) is 8.53. The molecule has 1 aliphatic rings. The molecular weight excluding hydrogens is 214 g/mol. The molecule has 1 rings (SSSR count). The number of nitriles is 1. The van der Waals surface area contributed by atoms with Crippen LogP contribution in [-0.4, -0.2) is 47.4 Å². The zero-order valence-electron chi connectivity index (χ0n) is 10.9. The van der Waals surface area contributed by atoms with Gasteiger partial charge < -0.3 is 4.90 Å². The van der Waals surface area contributed by atoms with E-state index in [9.17, 15) is 4.79 Å². The molecule has 1 atom stereocenters. The first-order valence-corrected chi connectivity index (χ1v) is 6.14. The number of allylic oxidation sites excluding steroid dienone is 1. The molecule has 0 radical (unpaired) electrons. The Bertz CT molecular complexity index is 330. The number of nitrogens with zero attached hydrogens (tertiary/aromatic N) is 3. The van der Waals surface area contributed by atoms with Crippen LogP contribution in [0.4, 0.5) is 0 Å². The average Bonchev–Trinajstić information content (AvgIpc) is 2.29. The maximum Gasteiger partial charge on any atom is 0.246 e. The van der Waals surface area contributed by atoms with Crippen LogP contribution in [0.5, 0.6) is 0 Å². The van der Waals surface area contributed by atoms with Crippen LogP contribution < -0.4 is 0 Å².